The minimum Gasteiger partial charge on any atom is -0.489 e. The fourth-order valence-corrected chi connectivity index (χ4v) is 2.64. The van der Waals surface area contributed by atoms with Crippen LogP contribution in [0.1, 0.15) is 31.7 Å². The van der Waals surface area contributed by atoms with Gasteiger partial charge in [-0.2, -0.15) is 0 Å². The molecule has 1 heterocycles. The first kappa shape index (κ1) is 15.8. The highest BCUT2D eigenvalue weighted by atomic mass is 79.9. The third kappa shape index (κ3) is 4.45. The molecule has 1 N–H and O–H groups in total. The first-order valence-electron chi connectivity index (χ1n) is 6.45. The molecule has 0 bridgehead atoms. The molecule has 0 aliphatic carbocycles. The molecule has 1 atom stereocenters. The van der Waals surface area contributed by atoms with Gasteiger partial charge in [0, 0.05) is 11.0 Å². The molecule has 0 amide bonds. The number of hydrogen-bond acceptors (Lipinski definition) is 2. The average Bonchev–Trinajstić information content (AvgIpc) is 2.34. The lowest BCUT2D eigenvalue weighted by atomic mass is 10.1. The van der Waals surface area contributed by atoms with Gasteiger partial charge in [0.1, 0.15) is 11.9 Å². The van der Waals surface area contributed by atoms with Crippen LogP contribution in [0.5, 0.6) is 5.75 Å². The maximum absolute atomic E-state index is 6.11. The molecule has 0 aromatic heterocycles. The van der Waals surface area contributed by atoms with E-state index in [1.807, 2.05) is 0 Å². The lowest BCUT2D eigenvalue weighted by Crippen LogP contribution is -2.37. The van der Waals surface area contributed by atoms with Gasteiger partial charge in [-0.05, 0) is 49.6 Å². The van der Waals surface area contributed by atoms with Gasteiger partial charge in [-0.3, -0.25) is 0 Å². The van der Waals surface area contributed by atoms with E-state index >= 15 is 0 Å². The summed E-state index contributed by atoms with van der Waals surface area (Å²) in [6.07, 6.45) is 4.93. The van der Waals surface area contributed by atoms with Crippen molar-refractivity contribution in [2.45, 2.75) is 38.7 Å². The van der Waals surface area contributed by atoms with Gasteiger partial charge in [0.15, 0.2) is 0 Å². The predicted octanol–water partition coefficient (Wildman–Crippen LogP) is 3.95. The first-order chi connectivity index (χ1) is 8.29. The molecule has 0 spiro atoms. The van der Waals surface area contributed by atoms with Gasteiger partial charge in [0.05, 0.1) is 0 Å². The maximum atomic E-state index is 6.11. The van der Waals surface area contributed by atoms with E-state index in [-0.39, 0.29) is 12.4 Å². The lowest BCUT2D eigenvalue weighted by Gasteiger charge is -2.25. The molecular weight excluding hydrogens is 314 g/mol. The molecular formula is C14H21BrClNO. The molecule has 1 aliphatic heterocycles. The van der Waals surface area contributed by atoms with Crippen molar-refractivity contribution in [3.05, 3.63) is 28.2 Å². The molecule has 1 saturated heterocycles. The van der Waals surface area contributed by atoms with Crippen LogP contribution in [0.25, 0.3) is 0 Å². The second kappa shape index (κ2) is 8.03. The molecule has 0 saturated carbocycles. The van der Waals surface area contributed by atoms with Crippen molar-refractivity contribution in [2.24, 2.45) is 0 Å². The van der Waals surface area contributed by atoms with Gasteiger partial charge >= 0.3 is 0 Å². The monoisotopic (exact) mass is 333 g/mol. The van der Waals surface area contributed by atoms with Crippen molar-refractivity contribution in [2.75, 3.05) is 13.1 Å². The van der Waals surface area contributed by atoms with Crippen molar-refractivity contribution in [3.63, 3.8) is 0 Å². The van der Waals surface area contributed by atoms with E-state index in [9.17, 15) is 0 Å². The zero-order valence-electron chi connectivity index (χ0n) is 10.7. The predicted molar refractivity (Wildman–Crippen MR) is 81.9 cm³/mol. The number of rotatable bonds is 4. The number of aryl methyl sites for hydroxylation is 1. The number of hydrogen-bond donors (Lipinski definition) is 1. The zero-order valence-corrected chi connectivity index (χ0v) is 13.1. The lowest BCUT2D eigenvalue weighted by molar-refractivity contribution is 0.165. The van der Waals surface area contributed by atoms with E-state index in [0.29, 0.717) is 6.10 Å². The SMILES string of the molecule is CCCc1cc(Br)ccc1OC1CCCNC1.Cl. The van der Waals surface area contributed by atoms with Crippen LogP contribution < -0.4 is 10.1 Å². The van der Waals surface area contributed by atoms with E-state index in [4.69, 9.17) is 4.74 Å². The molecule has 0 radical (unpaired) electrons. The Morgan fingerprint density at radius 1 is 1.44 bits per heavy atom. The Kier molecular flexibility index (Phi) is 7.05. The minimum absolute atomic E-state index is 0. The van der Waals surface area contributed by atoms with Gasteiger partial charge < -0.3 is 10.1 Å². The normalized spacial score (nSPS) is 19.1. The molecule has 1 aromatic carbocycles. The maximum Gasteiger partial charge on any atom is 0.123 e. The number of halogens is 2. The fourth-order valence-electron chi connectivity index (χ4n) is 2.23. The summed E-state index contributed by atoms with van der Waals surface area (Å²) < 4.78 is 7.24. The summed E-state index contributed by atoms with van der Waals surface area (Å²) in [5.74, 6) is 1.06. The van der Waals surface area contributed by atoms with E-state index in [2.05, 4.69) is 46.4 Å². The van der Waals surface area contributed by atoms with Crippen LogP contribution in [-0.4, -0.2) is 19.2 Å². The number of ether oxygens (including phenoxy) is 1. The van der Waals surface area contributed by atoms with Crippen LogP contribution in [0.3, 0.4) is 0 Å². The highest BCUT2D eigenvalue weighted by Crippen LogP contribution is 2.26. The van der Waals surface area contributed by atoms with E-state index < -0.39 is 0 Å². The number of piperidine rings is 1. The smallest absolute Gasteiger partial charge is 0.123 e. The Labute approximate surface area is 124 Å². The Morgan fingerprint density at radius 3 is 2.94 bits per heavy atom. The minimum atomic E-state index is 0. The molecule has 4 heteroatoms. The Bertz CT molecular complexity index is 367. The van der Waals surface area contributed by atoms with Crippen LogP contribution >= 0.6 is 28.3 Å². The van der Waals surface area contributed by atoms with Crippen molar-refractivity contribution in [1.82, 2.24) is 5.32 Å². The molecule has 1 aromatic rings. The van der Waals surface area contributed by atoms with Crippen LogP contribution in [0, 0.1) is 0 Å². The Balaban J connectivity index is 0.00000162. The van der Waals surface area contributed by atoms with Gasteiger partial charge in [0.2, 0.25) is 0 Å². The fraction of sp³-hybridized carbons (Fsp3) is 0.571. The summed E-state index contributed by atoms with van der Waals surface area (Å²) in [7, 11) is 0. The molecule has 102 valence electrons. The van der Waals surface area contributed by atoms with E-state index in [1.54, 1.807) is 0 Å². The summed E-state index contributed by atoms with van der Waals surface area (Å²) in [6.45, 7) is 4.30. The second-order valence-corrected chi connectivity index (χ2v) is 5.50. The van der Waals surface area contributed by atoms with E-state index in [0.717, 1.165) is 42.6 Å². The Hall–Kier alpha value is -0.250. The van der Waals surface area contributed by atoms with Crippen LogP contribution in [-0.2, 0) is 6.42 Å². The first-order valence-corrected chi connectivity index (χ1v) is 7.24. The van der Waals surface area contributed by atoms with E-state index in [1.165, 1.54) is 12.0 Å². The van der Waals surface area contributed by atoms with Crippen LogP contribution in [0.15, 0.2) is 22.7 Å². The summed E-state index contributed by atoms with van der Waals surface area (Å²) in [5, 5.41) is 3.38. The molecule has 1 fully saturated rings. The van der Waals surface area contributed by atoms with Crippen LogP contribution in [0.4, 0.5) is 0 Å². The molecule has 18 heavy (non-hydrogen) atoms. The van der Waals surface area contributed by atoms with Crippen molar-refractivity contribution in [3.8, 4) is 5.75 Å². The largest absolute Gasteiger partial charge is 0.489 e. The highest BCUT2D eigenvalue weighted by molar-refractivity contribution is 9.10. The zero-order chi connectivity index (χ0) is 12.1. The molecule has 1 aliphatic rings. The van der Waals surface area contributed by atoms with Crippen molar-refractivity contribution in [1.29, 1.82) is 0 Å². The standard InChI is InChI=1S/C14H20BrNO.ClH/c1-2-4-11-9-12(15)6-7-14(11)17-13-5-3-8-16-10-13;/h6-7,9,13,16H,2-5,8,10H2,1H3;1H. The summed E-state index contributed by atoms with van der Waals surface area (Å²) in [4.78, 5) is 0. The highest BCUT2D eigenvalue weighted by Gasteiger charge is 2.15. The molecule has 2 rings (SSSR count). The average molecular weight is 335 g/mol. The topological polar surface area (TPSA) is 21.3 Å². The third-order valence-electron chi connectivity index (χ3n) is 3.09. The van der Waals surface area contributed by atoms with Crippen molar-refractivity contribution < 1.29 is 4.74 Å². The Morgan fingerprint density at radius 2 is 2.28 bits per heavy atom. The number of nitrogens with one attached hydrogen (secondary N) is 1. The quantitative estimate of drug-likeness (QED) is 0.900. The summed E-state index contributed by atoms with van der Waals surface area (Å²) in [6, 6.07) is 6.32. The van der Waals surface area contributed by atoms with Crippen LogP contribution in [0.2, 0.25) is 0 Å². The molecule has 2 nitrogen and oxygen atoms in total. The summed E-state index contributed by atoms with van der Waals surface area (Å²) in [5.41, 5.74) is 1.31. The third-order valence-corrected chi connectivity index (χ3v) is 3.58. The number of benzene rings is 1. The van der Waals surface area contributed by atoms with Gasteiger partial charge in [-0.1, -0.05) is 29.3 Å². The summed E-state index contributed by atoms with van der Waals surface area (Å²) >= 11 is 3.52. The second-order valence-electron chi connectivity index (χ2n) is 4.59. The van der Waals surface area contributed by atoms with Gasteiger partial charge in [0.25, 0.3) is 0 Å². The van der Waals surface area contributed by atoms with Gasteiger partial charge in [-0.25, -0.2) is 0 Å². The van der Waals surface area contributed by atoms with Crippen molar-refractivity contribution >= 4 is 28.3 Å². The van der Waals surface area contributed by atoms with Gasteiger partial charge in [-0.15, -0.1) is 12.4 Å². The molecule has 1 unspecified atom stereocenters.